The average Bonchev–Trinajstić information content (AvgIpc) is 2.63. The molecule has 0 saturated heterocycles. The minimum atomic E-state index is -0.208. The van der Waals surface area contributed by atoms with E-state index in [0.29, 0.717) is 0 Å². The van der Waals surface area contributed by atoms with Crippen LogP contribution in [0.15, 0.2) is 4.99 Å². The van der Waals surface area contributed by atoms with E-state index in [1.165, 1.54) is 44.9 Å². The second kappa shape index (κ2) is 7.43. The number of ether oxygens (including phenoxy) is 1. The molecular weight excluding hydrogens is 190 g/mol. The van der Waals surface area contributed by atoms with E-state index in [9.17, 15) is 4.79 Å². The molecule has 0 bridgehead atoms. The summed E-state index contributed by atoms with van der Waals surface area (Å²) in [6, 6.07) is -0.208. The van der Waals surface area contributed by atoms with Crippen molar-refractivity contribution in [2.75, 3.05) is 0 Å². The van der Waals surface area contributed by atoms with Gasteiger partial charge in [-0.2, -0.15) is 0 Å². The summed E-state index contributed by atoms with van der Waals surface area (Å²) in [5.74, 6) is -0.180. The summed E-state index contributed by atoms with van der Waals surface area (Å²) in [7, 11) is 0. The summed E-state index contributed by atoms with van der Waals surface area (Å²) in [6.07, 6.45) is 11.0. The fourth-order valence-electron chi connectivity index (χ4n) is 1.78. The molecule has 15 heavy (non-hydrogen) atoms. The third-order valence-electron chi connectivity index (χ3n) is 2.76. The van der Waals surface area contributed by atoms with Gasteiger partial charge in [0.15, 0.2) is 12.4 Å². The Hall–Kier alpha value is -0.860. The Bertz CT molecular complexity index is 214. The SMILES string of the molecule is CCCCCCCCCC1N=COC1=O. The first-order valence-corrected chi connectivity index (χ1v) is 6.06. The second-order valence-corrected chi connectivity index (χ2v) is 4.12. The van der Waals surface area contributed by atoms with Crippen LogP contribution in [0.3, 0.4) is 0 Å². The molecule has 0 spiro atoms. The lowest BCUT2D eigenvalue weighted by atomic mass is 10.1. The fraction of sp³-hybridized carbons (Fsp3) is 0.833. The van der Waals surface area contributed by atoms with Crippen molar-refractivity contribution < 1.29 is 9.53 Å². The first-order chi connectivity index (χ1) is 7.34. The number of carbonyl (C=O) groups excluding carboxylic acids is 1. The number of cyclic esters (lactones) is 1. The molecule has 1 unspecified atom stereocenters. The largest absolute Gasteiger partial charge is 0.413 e. The van der Waals surface area contributed by atoms with Crippen LogP contribution in [0.4, 0.5) is 0 Å². The molecule has 0 aromatic carbocycles. The summed E-state index contributed by atoms with van der Waals surface area (Å²) < 4.78 is 4.64. The molecule has 0 amide bonds. The van der Waals surface area contributed by atoms with Crippen LogP contribution in [0.2, 0.25) is 0 Å². The van der Waals surface area contributed by atoms with Gasteiger partial charge in [0.05, 0.1) is 0 Å². The molecule has 3 nitrogen and oxygen atoms in total. The maximum atomic E-state index is 11.0. The highest BCUT2D eigenvalue weighted by Gasteiger charge is 2.21. The lowest BCUT2D eigenvalue weighted by Gasteiger charge is -2.03. The van der Waals surface area contributed by atoms with E-state index in [-0.39, 0.29) is 12.0 Å². The van der Waals surface area contributed by atoms with Crippen LogP contribution < -0.4 is 0 Å². The van der Waals surface area contributed by atoms with Crippen molar-refractivity contribution in [3.63, 3.8) is 0 Å². The number of nitrogens with zero attached hydrogens (tertiary/aromatic N) is 1. The molecule has 0 aliphatic carbocycles. The van der Waals surface area contributed by atoms with Gasteiger partial charge < -0.3 is 4.74 Å². The van der Waals surface area contributed by atoms with Crippen LogP contribution in [0, 0.1) is 0 Å². The van der Waals surface area contributed by atoms with Crippen LogP contribution in [0.5, 0.6) is 0 Å². The van der Waals surface area contributed by atoms with Crippen LogP contribution in [-0.2, 0) is 9.53 Å². The summed E-state index contributed by atoms with van der Waals surface area (Å²) in [5, 5.41) is 0. The maximum absolute atomic E-state index is 11.0. The van der Waals surface area contributed by atoms with Crippen molar-refractivity contribution in [3.05, 3.63) is 0 Å². The Morgan fingerprint density at radius 1 is 1.20 bits per heavy atom. The first-order valence-electron chi connectivity index (χ1n) is 6.06. The standard InChI is InChI=1S/C12H21NO2/c1-2-3-4-5-6-7-8-9-11-12(14)15-10-13-11/h10-11H,2-9H2,1H3. The maximum Gasteiger partial charge on any atom is 0.337 e. The Balaban J connectivity index is 1.88. The van der Waals surface area contributed by atoms with Crippen molar-refractivity contribution in [2.24, 2.45) is 4.99 Å². The van der Waals surface area contributed by atoms with Gasteiger partial charge in [0.25, 0.3) is 0 Å². The van der Waals surface area contributed by atoms with E-state index in [2.05, 4.69) is 16.7 Å². The van der Waals surface area contributed by atoms with E-state index in [0.717, 1.165) is 12.8 Å². The minimum absolute atomic E-state index is 0.180. The van der Waals surface area contributed by atoms with Gasteiger partial charge >= 0.3 is 5.97 Å². The molecule has 0 saturated carbocycles. The molecule has 0 radical (unpaired) electrons. The number of carbonyl (C=O) groups is 1. The summed E-state index contributed by atoms with van der Waals surface area (Å²) in [5.41, 5.74) is 0. The molecule has 1 aliphatic heterocycles. The third-order valence-corrected chi connectivity index (χ3v) is 2.76. The Kier molecular flexibility index (Phi) is 6.05. The average molecular weight is 211 g/mol. The predicted octanol–water partition coefficient (Wildman–Crippen LogP) is 3.08. The summed E-state index contributed by atoms with van der Waals surface area (Å²) in [6.45, 7) is 2.23. The number of esters is 1. The number of aliphatic imine (C=N–C) groups is 1. The third kappa shape index (κ3) is 4.96. The number of hydrogen-bond acceptors (Lipinski definition) is 3. The Morgan fingerprint density at radius 2 is 1.87 bits per heavy atom. The van der Waals surface area contributed by atoms with Crippen LogP contribution >= 0.6 is 0 Å². The fourth-order valence-corrected chi connectivity index (χ4v) is 1.78. The van der Waals surface area contributed by atoms with Crippen LogP contribution in [0.1, 0.15) is 58.3 Å². The molecule has 0 aromatic heterocycles. The topological polar surface area (TPSA) is 38.7 Å². The van der Waals surface area contributed by atoms with Crippen LogP contribution in [0.25, 0.3) is 0 Å². The molecule has 0 aromatic rings. The van der Waals surface area contributed by atoms with Crippen molar-refractivity contribution in [3.8, 4) is 0 Å². The Labute approximate surface area is 91.9 Å². The van der Waals surface area contributed by atoms with Crippen molar-refractivity contribution in [1.82, 2.24) is 0 Å². The van der Waals surface area contributed by atoms with E-state index >= 15 is 0 Å². The van der Waals surface area contributed by atoms with E-state index in [4.69, 9.17) is 0 Å². The highest BCUT2D eigenvalue weighted by Crippen LogP contribution is 2.13. The van der Waals surface area contributed by atoms with Gasteiger partial charge in [-0.05, 0) is 6.42 Å². The first kappa shape index (κ1) is 12.2. The molecular formula is C12H21NO2. The molecule has 0 fully saturated rings. The van der Waals surface area contributed by atoms with Gasteiger partial charge in [0, 0.05) is 0 Å². The van der Waals surface area contributed by atoms with E-state index in [1.54, 1.807) is 0 Å². The highest BCUT2D eigenvalue weighted by atomic mass is 16.5. The highest BCUT2D eigenvalue weighted by molar-refractivity contribution is 5.87. The monoisotopic (exact) mass is 211 g/mol. The zero-order chi connectivity index (χ0) is 10.9. The van der Waals surface area contributed by atoms with Crippen molar-refractivity contribution in [1.29, 1.82) is 0 Å². The molecule has 86 valence electrons. The van der Waals surface area contributed by atoms with E-state index < -0.39 is 0 Å². The van der Waals surface area contributed by atoms with Crippen LogP contribution in [-0.4, -0.2) is 18.4 Å². The van der Waals surface area contributed by atoms with Crippen molar-refractivity contribution >= 4 is 12.4 Å². The summed E-state index contributed by atoms with van der Waals surface area (Å²) >= 11 is 0. The molecule has 1 atom stereocenters. The van der Waals surface area contributed by atoms with Gasteiger partial charge in [0.2, 0.25) is 0 Å². The lowest BCUT2D eigenvalue weighted by Crippen LogP contribution is -2.14. The van der Waals surface area contributed by atoms with Gasteiger partial charge in [-0.25, -0.2) is 9.79 Å². The summed E-state index contributed by atoms with van der Waals surface area (Å²) in [4.78, 5) is 15.0. The minimum Gasteiger partial charge on any atom is -0.413 e. The lowest BCUT2D eigenvalue weighted by molar-refractivity contribution is -0.134. The van der Waals surface area contributed by atoms with Gasteiger partial charge in [-0.15, -0.1) is 0 Å². The van der Waals surface area contributed by atoms with Gasteiger partial charge in [0.1, 0.15) is 0 Å². The Morgan fingerprint density at radius 3 is 2.47 bits per heavy atom. The smallest absolute Gasteiger partial charge is 0.337 e. The number of rotatable bonds is 8. The van der Waals surface area contributed by atoms with E-state index in [1.807, 2.05) is 0 Å². The number of unbranched alkanes of at least 4 members (excludes halogenated alkanes) is 6. The molecule has 0 N–H and O–H groups in total. The van der Waals surface area contributed by atoms with Gasteiger partial charge in [-0.1, -0.05) is 51.9 Å². The number of hydrogen-bond donors (Lipinski definition) is 0. The van der Waals surface area contributed by atoms with Crippen molar-refractivity contribution in [2.45, 2.75) is 64.3 Å². The molecule has 1 rings (SSSR count). The predicted molar refractivity (Wildman–Crippen MR) is 61.0 cm³/mol. The van der Waals surface area contributed by atoms with Gasteiger partial charge in [-0.3, -0.25) is 0 Å². The molecule has 3 heteroatoms. The normalized spacial score (nSPS) is 19.5. The second-order valence-electron chi connectivity index (χ2n) is 4.12. The molecule has 1 aliphatic rings. The zero-order valence-corrected chi connectivity index (χ0v) is 9.58. The quantitative estimate of drug-likeness (QED) is 0.457. The zero-order valence-electron chi connectivity index (χ0n) is 9.58. The molecule has 1 heterocycles.